The Hall–Kier alpha value is -1.43. The van der Waals surface area contributed by atoms with E-state index in [4.69, 9.17) is 0 Å². The summed E-state index contributed by atoms with van der Waals surface area (Å²) in [5.74, 6) is 1.09. The minimum atomic E-state index is -2.64. The van der Waals surface area contributed by atoms with Gasteiger partial charge in [0.05, 0.1) is 6.54 Å². The molecule has 0 amide bonds. The summed E-state index contributed by atoms with van der Waals surface area (Å²) in [7, 11) is 1.59. The van der Waals surface area contributed by atoms with E-state index in [1.807, 2.05) is 6.26 Å². The number of aromatic nitrogens is 2. The highest BCUT2D eigenvalue weighted by Crippen LogP contribution is 2.16. The summed E-state index contributed by atoms with van der Waals surface area (Å²) in [6.07, 6.45) is 4.51. The lowest BCUT2D eigenvalue weighted by atomic mass is 10.1. The van der Waals surface area contributed by atoms with Gasteiger partial charge in [0.2, 0.25) is 0 Å². The largest absolute Gasteiger partial charge is 0.352 e. The molecule has 2 aromatic rings. The van der Waals surface area contributed by atoms with Crippen molar-refractivity contribution in [3.05, 3.63) is 53.4 Å². The van der Waals surface area contributed by atoms with Gasteiger partial charge in [0.25, 0.3) is 0 Å². The normalized spacial score (nSPS) is 11.4. The fraction of sp³-hybridized carbons (Fsp3) is 0.375. The first kappa shape index (κ1) is 22.6. The van der Waals surface area contributed by atoms with Gasteiger partial charge in [0.1, 0.15) is 11.6 Å². The molecule has 26 heavy (non-hydrogen) atoms. The number of nitrogens with zero attached hydrogens (tertiary/aromatic N) is 3. The molecule has 1 aromatic carbocycles. The average molecular weight is 499 g/mol. The molecule has 0 fully saturated rings. The summed E-state index contributed by atoms with van der Waals surface area (Å²) in [5, 5.41) is 6.04. The Morgan fingerprint density at radius 1 is 1.27 bits per heavy atom. The summed E-state index contributed by atoms with van der Waals surface area (Å²) in [5.41, 5.74) is 1.86. The molecule has 0 bridgehead atoms. The molecule has 0 aliphatic carbocycles. The lowest BCUT2D eigenvalue weighted by Crippen LogP contribution is -2.37. The molecule has 0 saturated heterocycles. The van der Waals surface area contributed by atoms with Crippen molar-refractivity contribution in [1.29, 1.82) is 0 Å². The molecule has 5 nitrogen and oxygen atoms in total. The number of imidazole rings is 1. The molecule has 0 spiro atoms. The quantitative estimate of drug-likeness (QED) is 0.346. The van der Waals surface area contributed by atoms with Crippen LogP contribution in [0.5, 0.6) is 0 Å². The van der Waals surface area contributed by atoms with Gasteiger partial charge in [-0.15, -0.1) is 24.0 Å². The summed E-state index contributed by atoms with van der Waals surface area (Å²) >= 11 is 1.61. The number of guanidine groups is 1. The van der Waals surface area contributed by atoms with Crippen LogP contribution in [0.3, 0.4) is 0 Å². The van der Waals surface area contributed by atoms with Crippen molar-refractivity contribution in [3.8, 4) is 0 Å². The predicted octanol–water partition coefficient (Wildman–Crippen LogP) is 3.76. The molecule has 1 aromatic heterocycles. The smallest absolute Gasteiger partial charge is 0.319 e. The van der Waals surface area contributed by atoms with Crippen molar-refractivity contribution in [2.75, 3.05) is 13.3 Å². The van der Waals surface area contributed by atoms with Crippen molar-refractivity contribution < 1.29 is 13.2 Å². The van der Waals surface area contributed by atoms with E-state index < -0.39 is 6.55 Å². The minimum absolute atomic E-state index is 0. The van der Waals surface area contributed by atoms with Crippen LogP contribution in [0.15, 0.2) is 35.6 Å². The average Bonchev–Trinajstić information content (AvgIpc) is 3.05. The molecule has 144 valence electrons. The monoisotopic (exact) mass is 499 g/mol. The van der Waals surface area contributed by atoms with Crippen molar-refractivity contribution in [3.63, 3.8) is 0 Å². The van der Waals surface area contributed by atoms with Gasteiger partial charge in [-0.25, -0.2) is 9.37 Å². The highest BCUT2D eigenvalue weighted by Gasteiger charge is 2.11. The van der Waals surface area contributed by atoms with Crippen molar-refractivity contribution in [2.45, 2.75) is 25.4 Å². The SMILES string of the molecule is CN=C(NCc1ccc(F)cc1CSC)NCc1nccn1C(F)F.I. The standard InChI is InChI=1S/C16H20F3N5S.HI/c1-20-16(23-9-14-21-5-6-24(14)15(18)19)22-8-11-3-4-13(17)7-12(11)10-25-2;/h3-7,15H,8-10H2,1-2H3,(H2,20,22,23);1H. The second-order valence-electron chi connectivity index (χ2n) is 5.15. The molecule has 2 N–H and O–H groups in total. The molecule has 0 saturated carbocycles. The van der Waals surface area contributed by atoms with Crippen LogP contribution in [0.4, 0.5) is 13.2 Å². The predicted molar refractivity (Wildman–Crippen MR) is 110 cm³/mol. The molecule has 0 atom stereocenters. The molecular weight excluding hydrogens is 478 g/mol. The van der Waals surface area contributed by atoms with Crippen LogP contribution < -0.4 is 10.6 Å². The van der Waals surface area contributed by atoms with Crippen LogP contribution in [0.1, 0.15) is 23.5 Å². The Balaban J connectivity index is 0.00000338. The van der Waals surface area contributed by atoms with E-state index in [0.29, 0.717) is 18.3 Å². The Kier molecular flexibility index (Phi) is 9.84. The van der Waals surface area contributed by atoms with Crippen molar-refractivity contribution in [2.24, 2.45) is 4.99 Å². The van der Waals surface area contributed by atoms with Gasteiger partial charge in [0.15, 0.2) is 5.96 Å². The third-order valence-corrected chi connectivity index (χ3v) is 4.11. The van der Waals surface area contributed by atoms with E-state index in [1.54, 1.807) is 24.9 Å². The molecule has 1 heterocycles. The number of hydrogen-bond acceptors (Lipinski definition) is 3. The van der Waals surface area contributed by atoms with E-state index in [2.05, 4.69) is 20.6 Å². The number of aliphatic imine (C=N–C) groups is 1. The summed E-state index contributed by atoms with van der Waals surface area (Å²) < 4.78 is 39.8. The molecule has 0 aliphatic rings. The first-order valence-electron chi connectivity index (χ1n) is 7.55. The highest BCUT2D eigenvalue weighted by atomic mass is 127. The van der Waals surface area contributed by atoms with Gasteiger partial charge in [-0.05, 0) is 29.5 Å². The number of alkyl halides is 2. The number of halogens is 4. The lowest BCUT2D eigenvalue weighted by Gasteiger charge is -2.14. The summed E-state index contributed by atoms with van der Waals surface area (Å²) in [6, 6.07) is 4.66. The molecule has 0 unspecified atom stereocenters. The van der Waals surface area contributed by atoms with Crippen LogP contribution in [0.25, 0.3) is 0 Å². The Morgan fingerprint density at radius 3 is 2.65 bits per heavy atom. The molecular formula is C16H21F3IN5S. The Morgan fingerprint density at radius 2 is 2.00 bits per heavy atom. The maximum absolute atomic E-state index is 13.4. The van der Waals surface area contributed by atoms with E-state index in [-0.39, 0.29) is 42.2 Å². The van der Waals surface area contributed by atoms with Gasteiger partial charge < -0.3 is 10.6 Å². The number of nitrogens with one attached hydrogen (secondary N) is 2. The third kappa shape index (κ3) is 6.38. The maximum Gasteiger partial charge on any atom is 0.319 e. The summed E-state index contributed by atoms with van der Waals surface area (Å²) in [6.45, 7) is -2.08. The lowest BCUT2D eigenvalue weighted by molar-refractivity contribution is 0.0668. The third-order valence-electron chi connectivity index (χ3n) is 3.51. The van der Waals surface area contributed by atoms with Gasteiger partial charge in [-0.1, -0.05) is 6.07 Å². The van der Waals surface area contributed by atoms with Crippen LogP contribution >= 0.6 is 35.7 Å². The summed E-state index contributed by atoms with van der Waals surface area (Å²) in [4.78, 5) is 7.96. The van der Waals surface area contributed by atoms with Crippen LogP contribution in [0, 0.1) is 5.82 Å². The fourth-order valence-electron chi connectivity index (χ4n) is 2.28. The van der Waals surface area contributed by atoms with Crippen LogP contribution in [0.2, 0.25) is 0 Å². The highest BCUT2D eigenvalue weighted by molar-refractivity contribution is 14.0. The number of thioether (sulfide) groups is 1. The zero-order valence-corrected chi connectivity index (χ0v) is 17.5. The first-order chi connectivity index (χ1) is 12.0. The van der Waals surface area contributed by atoms with Gasteiger partial charge in [0, 0.05) is 31.7 Å². The second-order valence-corrected chi connectivity index (χ2v) is 6.02. The van der Waals surface area contributed by atoms with Gasteiger partial charge in [-0.3, -0.25) is 9.56 Å². The van der Waals surface area contributed by atoms with E-state index in [9.17, 15) is 13.2 Å². The van der Waals surface area contributed by atoms with E-state index in [0.717, 1.165) is 15.7 Å². The van der Waals surface area contributed by atoms with Crippen molar-refractivity contribution >= 4 is 41.7 Å². The number of hydrogen-bond donors (Lipinski definition) is 2. The second kappa shape index (κ2) is 11.3. The topological polar surface area (TPSA) is 54.2 Å². The number of rotatable bonds is 7. The zero-order valence-electron chi connectivity index (χ0n) is 14.4. The molecule has 10 heteroatoms. The van der Waals surface area contributed by atoms with Crippen molar-refractivity contribution in [1.82, 2.24) is 20.2 Å². The fourth-order valence-corrected chi connectivity index (χ4v) is 2.86. The number of benzene rings is 1. The molecule has 0 radical (unpaired) electrons. The van der Waals surface area contributed by atoms with E-state index >= 15 is 0 Å². The maximum atomic E-state index is 13.4. The van der Waals surface area contributed by atoms with Gasteiger partial charge in [-0.2, -0.15) is 20.5 Å². The van der Waals surface area contributed by atoms with Crippen LogP contribution in [-0.4, -0.2) is 28.8 Å². The zero-order chi connectivity index (χ0) is 18.2. The van der Waals surface area contributed by atoms with E-state index in [1.165, 1.54) is 24.5 Å². The molecule has 2 rings (SSSR count). The van der Waals surface area contributed by atoms with Gasteiger partial charge >= 0.3 is 6.55 Å². The van der Waals surface area contributed by atoms with Crippen LogP contribution in [-0.2, 0) is 18.8 Å². The minimum Gasteiger partial charge on any atom is -0.352 e. The Bertz CT molecular complexity index is 724. The molecule has 0 aliphatic heterocycles. The Labute approximate surface area is 171 Å². The first-order valence-corrected chi connectivity index (χ1v) is 8.95.